The first-order valence-electron chi connectivity index (χ1n) is 9.17. The summed E-state index contributed by atoms with van der Waals surface area (Å²) in [7, 11) is -5.17. The van der Waals surface area contributed by atoms with E-state index in [2.05, 4.69) is 0 Å². The monoisotopic (exact) mass is 425 g/mol. The average molecular weight is 425 g/mol. The zero-order chi connectivity index (χ0) is 21.3. The van der Waals surface area contributed by atoms with Crippen LogP contribution in [0.2, 0.25) is 0 Å². The Morgan fingerprint density at radius 3 is 2.17 bits per heavy atom. The van der Waals surface area contributed by atoms with Crippen molar-refractivity contribution in [2.24, 2.45) is 0 Å². The standard InChI is InChI=1S/C20H22F2NO5P/c1-3-27-29(26,28-4-2)20(21,22)19(25)16-12-8-9-13-17(16)23(18(19)24)14-15-10-6-5-7-11-15/h5-13,25H,3-4,14H2,1-2H3. The predicted molar refractivity (Wildman–Crippen MR) is 104 cm³/mol. The summed E-state index contributed by atoms with van der Waals surface area (Å²) in [5.41, 5.74) is -7.45. The van der Waals surface area contributed by atoms with Gasteiger partial charge in [0.05, 0.1) is 25.4 Å². The van der Waals surface area contributed by atoms with E-state index in [-0.39, 0.29) is 31.0 Å². The molecule has 0 spiro atoms. The van der Waals surface area contributed by atoms with Gasteiger partial charge >= 0.3 is 13.3 Å². The van der Waals surface area contributed by atoms with Gasteiger partial charge in [0.2, 0.25) is 5.60 Å². The van der Waals surface area contributed by atoms with Gasteiger partial charge < -0.3 is 19.1 Å². The number of carbonyl (C=O) groups excluding carboxylic acids is 1. The van der Waals surface area contributed by atoms with Crippen LogP contribution in [0.4, 0.5) is 14.5 Å². The number of nitrogens with zero attached hydrogens (tertiary/aromatic N) is 1. The Morgan fingerprint density at radius 2 is 1.59 bits per heavy atom. The fourth-order valence-corrected chi connectivity index (χ4v) is 5.08. The lowest BCUT2D eigenvalue weighted by Gasteiger charge is -2.35. The van der Waals surface area contributed by atoms with E-state index in [9.17, 15) is 14.5 Å². The number of carbonyl (C=O) groups is 1. The maximum Gasteiger partial charge on any atom is 0.403 e. The molecule has 1 heterocycles. The highest BCUT2D eigenvalue weighted by Gasteiger charge is 2.74. The molecule has 0 saturated heterocycles. The molecule has 6 nitrogen and oxygen atoms in total. The number of amides is 1. The summed E-state index contributed by atoms with van der Waals surface area (Å²) in [6, 6.07) is 14.4. The average Bonchev–Trinajstić information content (AvgIpc) is 2.92. The minimum atomic E-state index is -5.17. The van der Waals surface area contributed by atoms with Gasteiger partial charge in [-0.15, -0.1) is 0 Å². The largest absolute Gasteiger partial charge is 0.403 e. The number of rotatable bonds is 8. The van der Waals surface area contributed by atoms with E-state index < -0.39 is 24.8 Å². The maximum atomic E-state index is 15.6. The Labute approximate surface area is 167 Å². The number of para-hydroxylation sites is 1. The van der Waals surface area contributed by atoms with Gasteiger partial charge in [-0.3, -0.25) is 9.36 Å². The van der Waals surface area contributed by atoms with Gasteiger partial charge in [0.25, 0.3) is 5.91 Å². The molecule has 3 rings (SSSR count). The van der Waals surface area contributed by atoms with Crippen LogP contribution in [0.3, 0.4) is 0 Å². The van der Waals surface area contributed by atoms with Crippen LogP contribution in [0.5, 0.6) is 0 Å². The third-order valence-electron chi connectivity index (χ3n) is 4.70. The van der Waals surface area contributed by atoms with Gasteiger partial charge in [-0.05, 0) is 25.5 Å². The van der Waals surface area contributed by atoms with Crippen molar-refractivity contribution in [1.29, 1.82) is 0 Å². The molecule has 1 amide bonds. The van der Waals surface area contributed by atoms with Gasteiger partial charge in [0.15, 0.2) is 0 Å². The second-order valence-corrected chi connectivity index (χ2v) is 8.55. The number of fused-ring (bicyclic) bond motifs is 1. The number of hydrogen-bond donors (Lipinski definition) is 1. The van der Waals surface area contributed by atoms with Crippen molar-refractivity contribution in [3.63, 3.8) is 0 Å². The first-order chi connectivity index (χ1) is 13.7. The molecular weight excluding hydrogens is 403 g/mol. The lowest BCUT2D eigenvalue weighted by atomic mass is 9.95. The molecule has 156 valence electrons. The van der Waals surface area contributed by atoms with Crippen LogP contribution in [-0.2, 0) is 30.6 Å². The number of benzene rings is 2. The molecule has 0 aliphatic carbocycles. The first kappa shape index (κ1) is 21.6. The highest BCUT2D eigenvalue weighted by molar-refractivity contribution is 7.55. The second-order valence-electron chi connectivity index (χ2n) is 6.48. The number of halogens is 2. The molecular formula is C20H22F2NO5P. The van der Waals surface area contributed by atoms with E-state index in [1.165, 1.54) is 32.0 Å². The van der Waals surface area contributed by atoms with Crippen LogP contribution in [0, 0.1) is 0 Å². The van der Waals surface area contributed by atoms with Crippen molar-refractivity contribution in [2.45, 2.75) is 31.7 Å². The zero-order valence-corrected chi connectivity index (χ0v) is 16.9. The van der Waals surface area contributed by atoms with Crippen LogP contribution < -0.4 is 4.90 Å². The smallest absolute Gasteiger partial charge is 0.370 e. The Hall–Kier alpha value is -2.12. The molecule has 2 aromatic carbocycles. The molecule has 1 aliphatic heterocycles. The third kappa shape index (κ3) is 3.30. The molecule has 1 atom stereocenters. The van der Waals surface area contributed by atoms with Gasteiger partial charge in [-0.25, -0.2) is 0 Å². The van der Waals surface area contributed by atoms with Gasteiger partial charge in [-0.1, -0.05) is 48.5 Å². The SMILES string of the molecule is CCOP(=O)(OCC)C(F)(F)C1(O)C(=O)N(Cc2ccccc2)c2ccccc21. The van der Waals surface area contributed by atoms with E-state index in [1.54, 1.807) is 36.4 Å². The van der Waals surface area contributed by atoms with Gasteiger partial charge in [0.1, 0.15) is 0 Å². The summed E-state index contributed by atoms with van der Waals surface area (Å²) >= 11 is 0. The lowest BCUT2D eigenvalue weighted by Crippen LogP contribution is -2.53. The molecule has 1 aliphatic rings. The van der Waals surface area contributed by atoms with Gasteiger partial charge in [0, 0.05) is 5.56 Å². The normalized spacial score (nSPS) is 19.5. The van der Waals surface area contributed by atoms with Crippen LogP contribution in [0.15, 0.2) is 54.6 Å². The second kappa shape index (κ2) is 7.95. The third-order valence-corrected chi connectivity index (χ3v) is 6.91. The molecule has 0 aromatic heterocycles. The van der Waals surface area contributed by atoms with E-state index >= 15 is 8.78 Å². The molecule has 0 saturated carbocycles. The van der Waals surface area contributed by atoms with Crippen LogP contribution in [0.25, 0.3) is 0 Å². The molecule has 29 heavy (non-hydrogen) atoms. The zero-order valence-electron chi connectivity index (χ0n) is 16.0. The highest BCUT2D eigenvalue weighted by Crippen LogP contribution is 2.69. The van der Waals surface area contributed by atoms with Crippen molar-refractivity contribution in [3.05, 3.63) is 65.7 Å². The molecule has 1 unspecified atom stereocenters. The fourth-order valence-electron chi connectivity index (χ4n) is 3.39. The van der Waals surface area contributed by atoms with E-state index in [0.717, 1.165) is 4.90 Å². The van der Waals surface area contributed by atoms with Crippen molar-refractivity contribution in [2.75, 3.05) is 18.1 Å². The first-order valence-corrected chi connectivity index (χ1v) is 10.7. The van der Waals surface area contributed by atoms with Crippen molar-refractivity contribution in [1.82, 2.24) is 0 Å². The molecule has 0 fully saturated rings. The molecule has 0 radical (unpaired) electrons. The minimum Gasteiger partial charge on any atom is -0.370 e. The lowest BCUT2D eigenvalue weighted by molar-refractivity contribution is -0.170. The summed E-state index contributed by atoms with van der Waals surface area (Å²) in [6.07, 6.45) is 0. The van der Waals surface area contributed by atoms with E-state index in [4.69, 9.17) is 9.05 Å². The Balaban J connectivity index is 2.13. The molecule has 2 aromatic rings. The minimum absolute atomic E-state index is 0.0390. The number of anilines is 1. The van der Waals surface area contributed by atoms with Crippen molar-refractivity contribution >= 4 is 19.2 Å². The highest BCUT2D eigenvalue weighted by atomic mass is 31.2. The summed E-state index contributed by atoms with van der Waals surface area (Å²) in [6.45, 7) is 2.03. The fraction of sp³-hybridized carbons (Fsp3) is 0.350. The van der Waals surface area contributed by atoms with Crippen LogP contribution in [-0.4, -0.2) is 29.9 Å². The van der Waals surface area contributed by atoms with Crippen molar-refractivity contribution in [3.8, 4) is 0 Å². The predicted octanol–water partition coefficient (Wildman–Crippen LogP) is 4.28. The Bertz CT molecular complexity index is 929. The summed E-state index contributed by atoms with van der Waals surface area (Å²) in [4.78, 5) is 14.2. The quantitative estimate of drug-likeness (QED) is 0.639. The number of aliphatic hydroxyl groups is 1. The van der Waals surface area contributed by atoms with Crippen LogP contribution >= 0.6 is 7.60 Å². The maximum absolute atomic E-state index is 15.6. The number of alkyl halides is 2. The molecule has 1 N–H and O–H groups in total. The van der Waals surface area contributed by atoms with Gasteiger partial charge in [-0.2, -0.15) is 8.78 Å². The summed E-state index contributed by atoms with van der Waals surface area (Å²) in [5, 5.41) is 11.1. The molecule has 0 bridgehead atoms. The van der Waals surface area contributed by atoms with Crippen molar-refractivity contribution < 1.29 is 32.3 Å². The van der Waals surface area contributed by atoms with Crippen LogP contribution in [0.1, 0.15) is 25.0 Å². The summed E-state index contributed by atoms with van der Waals surface area (Å²) < 4.78 is 53.6. The topological polar surface area (TPSA) is 76.1 Å². The number of hydrogen-bond acceptors (Lipinski definition) is 5. The van der Waals surface area contributed by atoms with E-state index in [0.29, 0.717) is 5.56 Å². The Morgan fingerprint density at radius 1 is 1.03 bits per heavy atom. The van der Waals surface area contributed by atoms with E-state index in [1.807, 2.05) is 0 Å². The Kier molecular flexibility index (Phi) is 5.92. The molecule has 9 heteroatoms. The summed E-state index contributed by atoms with van der Waals surface area (Å²) in [5.74, 6) is -1.29.